The van der Waals surface area contributed by atoms with Gasteiger partial charge in [-0.1, -0.05) is 55.0 Å². The Balaban J connectivity index is 0.000000368. The van der Waals surface area contributed by atoms with Crippen LogP contribution in [0.15, 0.2) is 126 Å². The number of aromatic hydroxyl groups is 2. The summed E-state index contributed by atoms with van der Waals surface area (Å²) in [6.45, 7) is 3.17. The molecular formula is C32H24ClCrN9Na2O9S. The van der Waals surface area contributed by atoms with Crippen molar-refractivity contribution in [3.05, 3.63) is 138 Å². The van der Waals surface area contributed by atoms with Gasteiger partial charge in [0, 0.05) is 28.5 Å². The number of para-hydroxylation sites is 1. The first-order valence-electron chi connectivity index (χ1n) is 14.6. The molecule has 4 aromatic carbocycles. The molecule has 0 fully saturated rings. The molecule has 0 amide bonds. The van der Waals surface area contributed by atoms with Crippen LogP contribution in [0.5, 0.6) is 11.5 Å². The van der Waals surface area contributed by atoms with Crippen LogP contribution in [-0.4, -0.2) is 47.7 Å². The fourth-order valence-corrected chi connectivity index (χ4v) is 5.05. The number of aromatic nitrogens is 4. The van der Waals surface area contributed by atoms with Crippen LogP contribution in [0.2, 0.25) is 5.02 Å². The van der Waals surface area contributed by atoms with Gasteiger partial charge in [-0.3, -0.25) is 14.7 Å². The first-order chi connectivity index (χ1) is 24.6. The number of hydrogen-bond donors (Lipinski definition) is 3. The number of phenols is 2. The van der Waals surface area contributed by atoms with Crippen molar-refractivity contribution in [3.8, 4) is 22.9 Å². The molecule has 0 unspecified atom stereocenters. The van der Waals surface area contributed by atoms with E-state index in [9.17, 15) is 38.3 Å². The van der Waals surface area contributed by atoms with Crippen molar-refractivity contribution >= 4 is 50.2 Å². The number of hydrogen-bond acceptors (Lipinski definition) is 14. The monoisotopic (exact) mass is 843 g/mol. The van der Waals surface area contributed by atoms with E-state index in [1.807, 2.05) is 18.2 Å². The molecular weight excluding hydrogens is 820 g/mol. The Bertz CT molecular complexity index is 2600. The Morgan fingerprint density at radius 2 is 1.25 bits per heavy atom. The van der Waals surface area contributed by atoms with Gasteiger partial charge < -0.3 is 30.0 Å². The molecule has 23 heteroatoms. The van der Waals surface area contributed by atoms with Crippen LogP contribution in [-0.2, 0) is 27.5 Å². The van der Waals surface area contributed by atoms with Crippen molar-refractivity contribution in [2.45, 2.75) is 18.7 Å². The van der Waals surface area contributed by atoms with Crippen molar-refractivity contribution in [1.82, 2.24) is 19.6 Å². The number of aryl methyl sites for hydroxylation is 2. The van der Waals surface area contributed by atoms with Gasteiger partial charge in [0.05, 0.1) is 27.3 Å². The number of nitro benzene ring substituents is 1. The molecule has 2 aromatic heterocycles. The molecule has 0 spiro atoms. The second-order valence-electron chi connectivity index (χ2n) is 10.6. The molecule has 272 valence electrons. The summed E-state index contributed by atoms with van der Waals surface area (Å²) in [6.07, 6.45) is 0. The summed E-state index contributed by atoms with van der Waals surface area (Å²) < 4.78 is 33.4. The zero-order valence-corrected chi connectivity index (χ0v) is 36.0. The van der Waals surface area contributed by atoms with Gasteiger partial charge in [-0.15, -0.1) is 11.4 Å². The fourth-order valence-electron chi connectivity index (χ4n) is 4.40. The van der Waals surface area contributed by atoms with E-state index in [2.05, 4.69) is 30.7 Å². The molecule has 0 aliphatic heterocycles. The molecule has 0 saturated carbocycles. The summed E-state index contributed by atoms with van der Waals surface area (Å²) in [7, 11) is -4.37. The molecule has 6 aromatic rings. The van der Waals surface area contributed by atoms with Crippen LogP contribution in [0.25, 0.3) is 11.4 Å². The van der Waals surface area contributed by atoms with Crippen molar-refractivity contribution < 1.29 is 105 Å². The minimum Gasteiger partial charge on any atom is -0.506 e. The Kier molecular flexibility index (Phi) is 17.2. The summed E-state index contributed by atoms with van der Waals surface area (Å²) in [5, 5.41) is 54.2. The summed E-state index contributed by atoms with van der Waals surface area (Å²) >= 11 is 5.85. The number of non-ortho nitro benzene ring substituents is 1. The van der Waals surface area contributed by atoms with Crippen LogP contribution in [0.4, 0.5) is 28.4 Å². The Labute approximate surface area is 371 Å². The second kappa shape index (κ2) is 20.1. The second-order valence-corrected chi connectivity index (χ2v) is 12.4. The molecule has 18 nitrogen and oxygen atoms in total. The average molecular weight is 844 g/mol. The molecule has 2 heterocycles. The largest absolute Gasteiger partial charge is 1.00 e. The van der Waals surface area contributed by atoms with Gasteiger partial charge in [0.25, 0.3) is 15.8 Å². The maximum Gasteiger partial charge on any atom is 1.00 e. The van der Waals surface area contributed by atoms with E-state index < -0.39 is 26.4 Å². The third-order valence-corrected chi connectivity index (χ3v) is 8.08. The first-order valence-corrected chi connectivity index (χ1v) is 16.4. The van der Waals surface area contributed by atoms with Gasteiger partial charge in [0.1, 0.15) is 34.0 Å². The molecule has 0 aliphatic rings. The fraction of sp³-hybridized carbons (Fsp3) is 0.0625. The molecule has 0 radical (unpaired) electrons. The number of rotatable bonds is 8. The van der Waals surface area contributed by atoms with Crippen molar-refractivity contribution in [1.29, 1.82) is 0 Å². The van der Waals surface area contributed by atoms with E-state index in [0.717, 1.165) is 28.9 Å². The zero-order valence-electron chi connectivity index (χ0n) is 29.2. The molecule has 55 heavy (non-hydrogen) atoms. The number of halogens is 1. The minimum absolute atomic E-state index is 0. The quantitative estimate of drug-likeness (QED) is 0.0477. The first kappa shape index (κ1) is 47.0. The summed E-state index contributed by atoms with van der Waals surface area (Å²) in [5.41, 5.74) is 0.244. The van der Waals surface area contributed by atoms with Gasteiger partial charge in [0.15, 0.2) is 0 Å². The summed E-state index contributed by atoms with van der Waals surface area (Å²) in [4.78, 5) is 34.6. The topological polar surface area (TPSA) is 257 Å². The SMILES string of the molecule is Cc1nn(-c2ccc(S(=O)(=O)O)cc2)c(=O)[c-]1N=Nc1ccc([N+](=O)[O-])cc1O.Cc1nn(-c2ccccc2)c(=O)[c-]1N=Nc1cc(Cl)ccc1O.[Cr].[Na+].[Na+]. The van der Waals surface area contributed by atoms with Crippen LogP contribution >= 0.6 is 11.6 Å². The minimum atomic E-state index is -4.37. The summed E-state index contributed by atoms with van der Waals surface area (Å²) in [6, 6.07) is 21.4. The van der Waals surface area contributed by atoms with Gasteiger partial charge >= 0.3 is 59.1 Å². The summed E-state index contributed by atoms with van der Waals surface area (Å²) in [5.74, 6) is -0.556. The molecule has 6 rings (SSSR count). The van der Waals surface area contributed by atoms with Gasteiger partial charge in [0.2, 0.25) is 0 Å². The smallest absolute Gasteiger partial charge is 0.506 e. The zero-order chi connectivity index (χ0) is 37.7. The van der Waals surface area contributed by atoms with Crippen molar-refractivity contribution in [3.63, 3.8) is 0 Å². The predicted octanol–water partition coefficient (Wildman–Crippen LogP) is 0.575. The van der Waals surface area contributed by atoms with Gasteiger partial charge in [-0.05, 0) is 60.7 Å². The molecule has 3 N–H and O–H groups in total. The van der Waals surface area contributed by atoms with Crippen LogP contribution in [0, 0.1) is 24.0 Å². The van der Waals surface area contributed by atoms with E-state index in [4.69, 9.17) is 16.2 Å². The Hall–Kier alpha value is -4.17. The Morgan fingerprint density at radius 3 is 1.75 bits per heavy atom. The Morgan fingerprint density at radius 1 is 0.745 bits per heavy atom. The molecule has 0 atom stereocenters. The van der Waals surface area contributed by atoms with Crippen molar-refractivity contribution in [2.75, 3.05) is 0 Å². The third-order valence-electron chi connectivity index (χ3n) is 6.98. The number of nitro groups is 1. The van der Waals surface area contributed by atoms with Crippen LogP contribution in [0.1, 0.15) is 11.4 Å². The molecule has 0 saturated heterocycles. The van der Waals surface area contributed by atoms with Gasteiger partial charge in [-0.2, -0.15) is 18.6 Å². The maximum absolute atomic E-state index is 12.5. The van der Waals surface area contributed by atoms with E-state index in [0.29, 0.717) is 16.4 Å². The van der Waals surface area contributed by atoms with Gasteiger partial charge in [-0.25, -0.2) is 19.6 Å². The third kappa shape index (κ3) is 11.4. The average Bonchev–Trinajstić information content (AvgIpc) is 3.56. The number of benzene rings is 4. The number of nitrogens with zero attached hydrogens (tertiary/aromatic N) is 9. The number of azo groups is 2. The van der Waals surface area contributed by atoms with E-state index in [-0.39, 0.29) is 132 Å². The van der Waals surface area contributed by atoms with Crippen LogP contribution < -0.4 is 70.2 Å². The number of phenolic OH excluding ortho intramolecular Hbond substituents is 2. The van der Waals surface area contributed by atoms with Crippen LogP contribution in [0.3, 0.4) is 0 Å². The standard InChI is InChI=1S/C16H12ClN4O2.C16H12N5O7S.Cr.2Na/c1-10-15(19-18-13-9-11(17)7-8-14(13)22)16(23)21(20-10)12-5-3-2-4-6-12;1-9-15(18-17-13-7-4-11(21(24)25)8-14(13)22)16(23)20(19-9)10-2-5-12(6-3-10)29(26,27)28;;;/h2-9,22H,1H3;2-8,22H,1H3,(H,26,27,28);;;/q2*-1;;2*+1. The van der Waals surface area contributed by atoms with E-state index >= 15 is 0 Å². The molecule has 0 bridgehead atoms. The maximum atomic E-state index is 12.5. The van der Waals surface area contributed by atoms with E-state index in [1.54, 1.807) is 19.1 Å². The predicted molar refractivity (Wildman–Crippen MR) is 186 cm³/mol. The normalized spacial score (nSPS) is 10.9. The molecule has 0 aliphatic carbocycles. The van der Waals surface area contributed by atoms with E-state index in [1.165, 1.54) is 48.0 Å². The van der Waals surface area contributed by atoms with Crippen molar-refractivity contribution in [2.24, 2.45) is 20.5 Å².